The van der Waals surface area contributed by atoms with Gasteiger partial charge in [0, 0.05) is 6.54 Å². The third-order valence-electron chi connectivity index (χ3n) is 3.96. The number of nitrogens with zero attached hydrogens (tertiary/aromatic N) is 1. The van der Waals surface area contributed by atoms with Crippen molar-refractivity contribution in [2.45, 2.75) is 72.4 Å². The highest BCUT2D eigenvalue weighted by molar-refractivity contribution is 5.96. The second kappa shape index (κ2) is 7.65. The largest absolute Gasteiger partial charge is 0.342 e. The quantitative estimate of drug-likeness (QED) is 0.780. The molecule has 0 bridgehead atoms. The number of hydrogen-bond donors (Lipinski definition) is 1. The lowest BCUT2D eigenvalue weighted by molar-refractivity contribution is -0.150. The van der Waals surface area contributed by atoms with E-state index in [0.29, 0.717) is 24.8 Å². The molecule has 1 aliphatic rings. The number of carbonyl (C=O) groups is 2. The van der Waals surface area contributed by atoms with Gasteiger partial charge in [-0.2, -0.15) is 0 Å². The maximum absolute atomic E-state index is 12.6. The fourth-order valence-corrected chi connectivity index (χ4v) is 3.00. The molecule has 3 unspecified atom stereocenters. The number of piperazine rings is 1. The topological polar surface area (TPSA) is 49.4 Å². The second-order valence-electron chi connectivity index (χ2n) is 6.50. The molecule has 0 aromatic rings. The van der Waals surface area contributed by atoms with Crippen LogP contribution in [0.15, 0.2) is 0 Å². The number of carbonyl (C=O) groups excluding carboxylic acids is 2. The lowest BCUT2D eigenvalue weighted by atomic mass is 9.96. The van der Waals surface area contributed by atoms with Crippen molar-refractivity contribution in [3.63, 3.8) is 0 Å². The highest BCUT2D eigenvalue weighted by Crippen LogP contribution is 2.20. The van der Waals surface area contributed by atoms with E-state index >= 15 is 0 Å². The van der Waals surface area contributed by atoms with Gasteiger partial charge < -0.3 is 10.2 Å². The van der Waals surface area contributed by atoms with Crippen molar-refractivity contribution in [2.24, 2.45) is 11.8 Å². The van der Waals surface area contributed by atoms with Crippen LogP contribution < -0.4 is 5.32 Å². The summed E-state index contributed by atoms with van der Waals surface area (Å²) < 4.78 is 0. The molecule has 3 atom stereocenters. The fraction of sp³-hybridized carbons (Fsp3) is 0.875. The highest BCUT2D eigenvalue weighted by Gasteiger charge is 2.39. The molecule has 20 heavy (non-hydrogen) atoms. The van der Waals surface area contributed by atoms with Crippen LogP contribution in [0, 0.1) is 11.8 Å². The zero-order valence-electron chi connectivity index (χ0n) is 13.6. The molecule has 1 heterocycles. The van der Waals surface area contributed by atoms with Gasteiger partial charge in [-0.15, -0.1) is 0 Å². The lowest BCUT2D eigenvalue weighted by Gasteiger charge is -2.40. The predicted molar refractivity (Wildman–Crippen MR) is 81.2 cm³/mol. The van der Waals surface area contributed by atoms with Crippen molar-refractivity contribution in [1.29, 1.82) is 0 Å². The van der Waals surface area contributed by atoms with Crippen LogP contribution in [0.5, 0.6) is 0 Å². The van der Waals surface area contributed by atoms with E-state index in [0.717, 1.165) is 19.3 Å². The maximum atomic E-state index is 12.6. The van der Waals surface area contributed by atoms with Crippen LogP contribution in [0.2, 0.25) is 0 Å². The smallest absolute Gasteiger partial charge is 0.245 e. The van der Waals surface area contributed by atoms with Crippen LogP contribution in [0.1, 0.15) is 60.3 Å². The van der Waals surface area contributed by atoms with Crippen LogP contribution in [-0.2, 0) is 9.59 Å². The normalized spacial score (nSPS) is 25.0. The first-order valence-corrected chi connectivity index (χ1v) is 8.01. The van der Waals surface area contributed by atoms with Gasteiger partial charge in [0.1, 0.15) is 12.1 Å². The Morgan fingerprint density at radius 3 is 2.35 bits per heavy atom. The number of hydrogen-bond acceptors (Lipinski definition) is 2. The first kappa shape index (κ1) is 17.0. The molecule has 1 saturated heterocycles. The van der Waals surface area contributed by atoms with Crippen LogP contribution in [0.25, 0.3) is 0 Å². The van der Waals surface area contributed by atoms with Crippen molar-refractivity contribution in [2.75, 3.05) is 6.54 Å². The van der Waals surface area contributed by atoms with Gasteiger partial charge in [-0.25, -0.2) is 0 Å². The van der Waals surface area contributed by atoms with Crippen LogP contribution >= 0.6 is 0 Å². The molecule has 0 aromatic carbocycles. The Hall–Kier alpha value is -1.06. The van der Waals surface area contributed by atoms with Crippen LogP contribution in [0.3, 0.4) is 0 Å². The fourth-order valence-electron chi connectivity index (χ4n) is 3.00. The first-order valence-electron chi connectivity index (χ1n) is 8.01. The molecule has 116 valence electrons. The van der Waals surface area contributed by atoms with Gasteiger partial charge in [0.15, 0.2) is 0 Å². The number of nitrogens with one attached hydrogen (secondary N) is 1. The second-order valence-corrected chi connectivity index (χ2v) is 6.50. The SMILES string of the molecule is CCCC(C)CN1C(=O)C(CC(C)C)NC(=O)C1CC. The molecule has 4 nitrogen and oxygen atoms in total. The van der Waals surface area contributed by atoms with Crippen molar-refractivity contribution in [3.05, 3.63) is 0 Å². The number of rotatable bonds is 7. The van der Waals surface area contributed by atoms with Gasteiger partial charge in [-0.05, 0) is 31.1 Å². The zero-order valence-corrected chi connectivity index (χ0v) is 13.6. The lowest BCUT2D eigenvalue weighted by Crippen LogP contribution is -2.64. The van der Waals surface area contributed by atoms with E-state index in [9.17, 15) is 9.59 Å². The van der Waals surface area contributed by atoms with Crippen LogP contribution in [-0.4, -0.2) is 35.3 Å². The monoisotopic (exact) mass is 282 g/mol. The minimum absolute atomic E-state index is 0.0152. The Kier molecular flexibility index (Phi) is 6.50. The molecule has 1 N–H and O–H groups in total. The highest BCUT2D eigenvalue weighted by atomic mass is 16.2. The summed E-state index contributed by atoms with van der Waals surface area (Å²) in [4.78, 5) is 26.7. The van der Waals surface area contributed by atoms with Gasteiger partial charge >= 0.3 is 0 Å². The standard InChI is InChI=1S/C16H30N2O2/c1-6-8-12(5)10-18-14(7-2)15(19)17-13(16(18)20)9-11(3)4/h11-14H,6-10H2,1-5H3,(H,17,19). The summed E-state index contributed by atoms with van der Waals surface area (Å²) in [5, 5.41) is 2.90. The molecular weight excluding hydrogens is 252 g/mol. The molecule has 1 aliphatic heterocycles. The van der Waals surface area contributed by atoms with Crippen LogP contribution in [0.4, 0.5) is 0 Å². The molecule has 4 heteroatoms. The molecular formula is C16H30N2O2. The maximum Gasteiger partial charge on any atom is 0.245 e. The van der Waals surface area contributed by atoms with Crippen molar-refractivity contribution in [3.8, 4) is 0 Å². The Morgan fingerprint density at radius 1 is 1.20 bits per heavy atom. The number of amides is 2. The summed E-state index contributed by atoms with van der Waals surface area (Å²) >= 11 is 0. The van der Waals surface area contributed by atoms with Crippen molar-refractivity contribution in [1.82, 2.24) is 10.2 Å². The first-order chi connectivity index (χ1) is 9.40. The molecule has 0 aromatic heterocycles. The average molecular weight is 282 g/mol. The molecule has 0 saturated carbocycles. The van der Waals surface area contributed by atoms with Crippen molar-refractivity contribution >= 4 is 11.8 Å². The summed E-state index contributed by atoms with van der Waals surface area (Å²) in [5.41, 5.74) is 0. The molecule has 2 amide bonds. The Morgan fingerprint density at radius 2 is 1.85 bits per heavy atom. The molecule has 0 aliphatic carbocycles. The zero-order chi connectivity index (χ0) is 15.3. The minimum Gasteiger partial charge on any atom is -0.342 e. The van der Waals surface area contributed by atoms with E-state index in [1.54, 1.807) is 0 Å². The Bertz CT molecular complexity index is 341. The third-order valence-corrected chi connectivity index (χ3v) is 3.96. The van der Waals surface area contributed by atoms with E-state index in [4.69, 9.17) is 0 Å². The average Bonchev–Trinajstić information content (AvgIpc) is 2.35. The summed E-state index contributed by atoms with van der Waals surface area (Å²) in [6.07, 6.45) is 3.61. The van der Waals surface area contributed by atoms with Gasteiger partial charge in [0.2, 0.25) is 11.8 Å². The summed E-state index contributed by atoms with van der Waals surface area (Å²) in [6.45, 7) is 11.1. The van der Waals surface area contributed by atoms with Crippen molar-refractivity contribution < 1.29 is 9.59 Å². The Balaban J connectivity index is 2.83. The van der Waals surface area contributed by atoms with E-state index < -0.39 is 0 Å². The van der Waals surface area contributed by atoms with E-state index in [1.807, 2.05) is 11.8 Å². The van der Waals surface area contributed by atoms with E-state index in [-0.39, 0.29) is 23.9 Å². The molecule has 0 spiro atoms. The van der Waals surface area contributed by atoms with Gasteiger partial charge in [-0.3, -0.25) is 9.59 Å². The van der Waals surface area contributed by atoms with Gasteiger partial charge in [0.05, 0.1) is 0 Å². The predicted octanol–water partition coefficient (Wildman–Crippen LogP) is 2.57. The Labute approximate surface area is 123 Å². The summed E-state index contributed by atoms with van der Waals surface area (Å²) in [7, 11) is 0. The minimum atomic E-state index is -0.334. The summed E-state index contributed by atoms with van der Waals surface area (Å²) in [6, 6.07) is -0.621. The van der Waals surface area contributed by atoms with E-state index in [1.165, 1.54) is 0 Å². The van der Waals surface area contributed by atoms with Gasteiger partial charge in [0.25, 0.3) is 0 Å². The van der Waals surface area contributed by atoms with Gasteiger partial charge in [-0.1, -0.05) is 41.0 Å². The molecule has 1 fully saturated rings. The molecule has 1 rings (SSSR count). The third kappa shape index (κ3) is 4.22. The summed E-state index contributed by atoms with van der Waals surface area (Å²) in [5.74, 6) is 0.968. The van der Waals surface area contributed by atoms with E-state index in [2.05, 4.69) is 33.0 Å². The molecule has 0 radical (unpaired) electrons.